The molecule has 2 fully saturated rings. The maximum absolute atomic E-state index is 12.1. The lowest BCUT2D eigenvalue weighted by Gasteiger charge is -2.40. The van der Waals surface area contributed by atoms with Crippen LogP contribution in [0.5, 0.6) is 0 Å². The fourth-order valence-electron chi connectivity index (χ4n) is 2.24. The van der Waals surface area contributed by atoms with Gasteiger partial charge in [0.25, 0.3) is 0 Å². The minimum atomic E-state index is -0.343. The molecule has 0 aromatic heterocycles. The number of likely N-dealkylation sites (tertiary alicyclic amines) is 2. The van der Waals surface area contributed by atoms with E-state index in [2.05, 4.69) is 0 Å². The van der Waals surface area contributed by atoms with Crippen LogP contribution in [0.4, 0.5) is 4.39 Å². The van der Waals surface area contributed by atoms with E-state index in [0.29, 0.717) is 6.54 Å². The van der Waals surface area contributed by atoms with Crippen LogP contribution in [0.1, 0.15) is 19.3 Å². The second-order valence-corrected chi connectivity index (χ2v) is 4.06. The van der Waals surface area contributed by atoms with E-state index in [1.807, 2.05) is 9.80 Å². The first-order chi connectivity index (χ1) is 6.83. The van der Waals surface area contributed by atoms with Crippen molar-refractivity contribution in [2.75, 3.05) is 32.9 Å². The smallest absolute Gasteiger partial charge is 0.239 e. The van der Waals surface area contributed by atoms with Crippen LogP contribution >= 0.6 is 0 Å². The van der Waals surface area contributed by atoms with Crippen molar-refractivity contribution in [1.29, 1.82) is 0 Å². The van der Waals surface area contributed by atoms with E-state index in [1.165, 1.54) is 0 Å². The molecule has 4 heteroatoms. The van der Waals surface area contributed by atoms with E-state index in [-0.39, 0.29) is 18.6 Å². The predicted octanol–water partition coefficient (Wildman–Crippen LogP) is 0.653. The monoisotopic (exact) mass is 200 g/mol. The van der Waals surface area contributed by atoms with E-state index in [4.69, 9.17) is 0 Å². The minimum Gasteiger partial charge on any atom is -0.341 e. The first-order valence-corrected chi connectivity index (χ1v) is 5.42. The summed E-state index contributed by atoms with van der Waals surface area (Å²) in [6.07, 6.45) is 3.17. The zero-order valence-electron chi connectivity index (χ0n) is 8.41. The summed E-state index contributed by atoms with van der Waals surface area (Å²) in [4.78, 5) is 15.7. The van der Waals surface area contributed by atoms with E-state index < -0.39 is 0 Å². The van der Waals surface area contributed by atoms with Crippen LogP contribution in [0.25, 0.3) is 0 Å². The van der Waals surface area contributed by atoms with Gasteiger partial charge >= 0.3 is 0 Å². The van der Waals surface area contributed by atoms with Crippen LogP contribution in [0.15, 0.2) is 0 Å². The summed E-state index contributed by atoms with van der Waals surface area (Å²) in [5.74, 6) is 0.224. The summed E-state index contributed by atoms with van der Waals surface area (Å²) in [6, 6.07) is -0.0103. The van der Waals surface area contributed by atoms with Crippen LogP contribution < -0.4 is 0 Å². The molecular weight excluding hydrogens is 183 g/mol. The molecule has 1 amide bonds. The van der Waals surface area contributed by atoms with Crippen molar-refractivity contribution in [1.82, 2.24) is 9.80 Å². The Balaban J connectivity index is 1.85. The number of rotatable bonds is 3. The molecule has 2 saturated heterocycles. The van der Waals surface area contributed by atoms with Crippen molar-refractivity contribution in [3.05, 3.63) is 0 Å². The Hall–Kier alpha value is -0.640. The first-order valence-electron chi connectivity index (χ1n) is 5.42. The number of amides is 1. The van der Waals surface area contributed by atoms with E-state index in [1.54, 1.807) is 0 Å². The van der Waals surface area contributed by atoms with Crippen LogP contribution in [0.2, 0.25) is 0 Å². The van der Waals surface area contributed by atoms with Gasteiger partial charge in [-0.3, -0.25) is 9.69 Å². The number of hydrogen-bond acceptors (Lipinski definition) is 2. The Bertz CT molecular complexity index is 216. The van der Waals surface area contributed by atoms with E-state index in [9.17, 15) is 9.18 Å². The molecule has 0 saturated carbocycles. The normalized spacial score (nSPS) is 27.8. The molecule has 2 rings (SSSR count). The highest BCUT2D eigenvalue weighted by molar-refractivity contribution is 5.83. The summed E-state index contributed by atoms with van der Waals surface area (Å²) >= 11 is 0. The van der Waals surface area contributed by atoms with Crippen LogP contribution in [-0.4, -0.2) is 54.6 Å². The van der Waals surface area contributed by atoms with Crippen LogP contribution in [0, 0.1) is 0 Å². The minimum absolute atomic E-state index is 0.0103. The number of nitrogens with zero attached hydrogens (tertiary/aromatic N) is 2. The molecule has 80 valence electrons. The van der Waals surface area contributed by atoms with Gasteiger partial charge in [0.15, 0.2) is 0 Å². The summed E-state index contributed by atoms with van der Waals surface area (Å²) in [5, 5.41) is 0. The van der Waals surface area contributed by atoms with Gasteiger partial charge in [-0.2, -0.15) is 0 Å². The average Bonchev–Trinajstić information content (AvgIpc) is 2.65. The highest BCUT2D eigenvalue weighted by Crippen LogP contribution is 2.21. The third kappa shape index (κ3) is 1.75. The lowest BCUT2D eigenvalue weighted by Crippen LogP contribution is -2.57. The highest BCUT2D eigenvalue weighted by Gasteiger charge is 2.36. The zero-order valence-corrected chi connectivity index (χ0v) is 8.41. The van der Waals surface area contributed by atoms with Gasteiger partial charge in [0.2, 0.25) is 5.91 Å². The lowest BCUT2D eigenvalue weighted by atomic mass is 10.0. The summed E-state index contributed by atoms with van der Waals surface area (Å²) in [5.41, 5.74) is 0. The highest BCUT2D eigenvalue weighted by atomic mass is 19.1. The van der Waals surface area contributed by atoms with Gasteiger partial charge in [-0.15, -0.1) is 0 Å². The molecule has 0 aromatic carbocycles. The summed E-state index contributed by atoms with van der Waals surface area (Å²) < 4.78 is 12.1. The van der Waals surface area contributed by atoms with Gasteiger partial charge < -0.3 is 4.90 Å². The molecule has 0 spiro atoms. The van der Waals surface area contributed by atoms with Gasteiger partial charge in [0, 0.05) is 26.2 Å². The molecule has 0 bridgehead atoms. The number of carbonyl (C=O) groups is 1. The van der Waals surface area contributed by atoms with Crippen molar-refractivity contribution in [3.8, 4) is 0 Å². The van der Waals surface area contributed by atoms with Crippen molar-refractivity contribution in [2.24, 2.45) is 0 Å². The third-order valence-electron chi connectivity index (χ3n) is 3.21. The SMILES string of the molecule is O=C(C1CCN1CCF)N1CCCC1. The van der Waals surface area contributed by atoms with Crippen LogP contribution in [0.3, 0.4) is 0 Å². The maximum atomic E-state index is 12.1. The standard InChI is InChI=1S/C10H17FN2O/c11-4-8-12-7-3-9(12)10(14)13-5-1-2-6-13/h9H,1-8H2. The fourth-order valence-corrected chi connectivity index (χ4v) is 2.24. The number of hydrogen-bond donors (Lipinski definition) is 0. The van der Waals surface area contributed by atoms with Gasteiger partial charge in [-0.05, 0) is 19.3 Å². The van der Waals surface area contributed by atoms with Gasteiger partial charge in [-0.25, -0.2) is 4.39 Å². The molecule has 0 aromatic rings. The predicted molar refractivity (Wildman–Crippen MR) is 51.8 cm³/mol. The Morgan fingerprint density at radius 2 is 2.00 bits per heavy atom. The Morgan fingerprint density at radius 3 is 2.50 bits per heavy atom. The Morgan fingerprint density at radius 1 is 1.29 bits per heavy atom. The second-order valence-electron chi connectivity index (χ2n) is 4.06. The second kappa shape index (κ2) is 4.26. The summed E-state index contributed by atoms with van der Waals surface area (Å²) in [7, 11) is 0. The number of halogens is 1. The van der Waals surface area contributed by atoms with E-state index >= 15 is 0 Å². The first kappa shape index (κ1) is 9.90. The molecule has 1 atom stereocenters. The van der Waals surface area contributed by atoms with Gasteiger partial charge in [0.1, 0.15) is 6.67 Å². The topological polar surface area (TPSA) is 23.6 Å². The Kier molecular flexibility index (Phi) is 3.01. The maximum Gasteiger partial charge on any atom is 0.239 e. The largest absolute Gasteiger partial charge is 0.341 e. The molecule has 0 N–H and O–H groups in total. The van der Waals surface area contributed by atoms with Crippen molar-refractivity contribution < 1.29 is 9.18 Å². The lowest BCUT2D eigenvalue weighted by molar-refractivity contribution is -0.140. The number of carbonyl (C=O) groups excluding carboxylic acids is 1. The molecule has 2 aliphatic rings. The number of alkyl halides is 1. The van der Waals surface area contributed by atoms with Gasteiger partial charge in [-0.1, -0.05) is 0 Å². The molecule has 3 nitrogen and oxygen atoms in total. The Labute approximate surface area is 83.9 Å². The van der Waals surface area contributed by atoms with Gasteiger partial charge in [0.05, 0.1) is 6.04 Å². The van der Waals surface area contributed by atoms with Crippen molar-refractivity contribution in [2.45, 2.75) is 25.3 Å². The fraction of sp³-hybridized carbons (Fsp3) is 0.900. The third-order valence-corrected chi connectivity index (χ3v) is 3.21. The molecule has 14 heavy (non-hydrogen) atoms. The molecule has 2 aliphatic heterocycles. The molecular formula is C10H17FN2O. The molecule has 0 radical (unpaired) electrons. The van der Waals surface area contributed by atoms with E-state index in [0.717, 1.165) is 38.9 Å². The van der Waals surface area contributed by atoms with Crippen molar-refractivity contribution >= 4 is 5.91 Å². The zero-order chi connectivity index (χ0) is 9.97. The average molecular weight is 200 g/mol. The molecule has 2 heterocycles. The molecule has 0 aliphatic carbocycles. The molecule has 1 unspecified atom stereocenters. The van der Waals surface area contributed by atoms with Crippen molar-refractivity contribution in [3.63, 3.8) is 0 Å². The summed E-state index contributed by atoms with van der Waals surface area (Å²) in [6.45, 7) is 2.76. The van der Waals surface area contributed by atoms with Crippen LogP contribution in [-0.2, 0) is 4.79 Å². The quantitative estimate of drug-likeness (QED) is 0.668.